The van der Waals surface area contributed by atoms with Crippen molar-refractivity contribution in [1.82, 2.24) is 4.90 Å². The van der Waals surface area contributed by atoms with Gasteiger partial charge in [-0.2, -0.15) is 0 Å². The van der Waals surface area contributed by atoms with Crippen molar-refractivity contribution in [3.63, 3.8) is 0 Å². The Balaban J connectivity index is 1.42. The van der Waals surface area contributed by atoms with Gasteiger partial charge in [0.1, 0.15) is 6.10 Å². The Morgan fingerprint density at radius 2 is 1.48 bits per heavy atom. The van der Waals surface area contributed by atoms with Crippen molar-refractivity contribution in [2.75, 3.05) is 13.1 Å². The van der Waals surface area contributed by atoms with Gasteiger partial charge in [-0.25, -0.2) is 0 Å². The van der Waals surface area contributed by atoms with Crippen LogP contribution < -0.4 is 0 Å². The molecule has 0 N–H and O–H groups in total. The minimum Gasteiger partial charge on any atom is -0.496 e. The lowest BCUT2D eigenvalue weighted by Gasteiger charge is -2.30. The van der Waals surface area contributed by atoms with Crippen LogP contribution >= 0.6 is 0 Å². The molecule has 2 aromatic rings. The second-order valence-electron chi connectivity index (χ2n) is 6.77. The van der Waals surface area contributed by atoms with Gasteiger partial charge in [0.15, 0.2) is 6.00 Å². The average molecular weight is 365 g/mol. The van der Waals surface area contributed by atoms with E-state index in [-0.39, 0.29) is 25.2 Å². The molecular weight excluding hydrogens is 345 g/mol. The van der Waals surface area contributed by atoms with Crippen molar-refractivity contribution in [3.05, 3.63) is 71.8 Å². The van der Waals surface area contributed by atoms with Crippen LogP contribution in [0.2, 0.25) is 0 Å². The van der Waals surface area contributed by atoms with Crippen molar-refractivity contribution >= 4 is 19.1 Å². The predicted molar refractivity (Wildman–Crippen MR) is 98.4 cm³/mol. The van der Waals surface area contributed by atoms with Crippen LogP contribution in [0.5, 0.6) is 0 Å². The normalized spacial score (nSPS) is 24.4. The standard InChI is InChI=1S/C20H20BNO5/c1-14(15-8-4-2-5-9-15)22-12-17(23)26-21(27-18(24)13-22)20-19(25-20)16-10-6-3-7-11-16/h2-11,14,19-20H,12-13H2,1H3/t14-,19?,20?/m0/s1. The quantitative estimate of drug-likeness (QED) is 0.612. The van der Waals surface area contributed by atoms with E-state index in [0.29, 0.717) is 0 Å². The second kappa shape index (κ2) is 7.54. The third-order valence-electron chi connectivity index (χ3n) is 4.91. The van der Waals surface area contributed by atoms with Crippen LogP contribution in [0.15, 0.2) is 60.7 Å². The molecule has 4 rings (SSSR count). The van der Waals surface area contributed by atoms with Crippen LogP contribution in [-0.2, 0) is 23.6 Å². The molecule has 2 saturated heterocycles. The zero-order valence-electron chi connectivity index (χ0n) is 15.0. The molecule has 0 aliphatic carbocycles. The van der Waals surface area contributed by atoms with Crippen LogP contribution in [0.25, 0.3) is 0 Å². The molecule has 2 aliphatic rings. The smallest absolute Gasteiger partial charge is 0.496 e. The summed E-state index contributed by atoms with van der Waals surface area (Å²) in [5.41, 5.74) is 1.99. The maximum Gasteiger partial charge on any atom is 0.632 e. The monoisotopic (exact) mass is 365 g/mol. The largest absolute Gasteiger partial charge is 0.632 e. The summed E-state index contributed by atoms with van der Waals surface area (Å²) in [6.45, 7) is 1.99. The number of epoxide rings is 1. The Morgan fingerprint density at radius 1 is 0.926 bits per heavy atom. The van der Waals surface area contributed by atoms with Gasteiger partial charge in [0.25, 0.3) is 0 Å². The van der Waals surface area contributed by atoms with Gasteiger partial charge in [0.05, 0.1) is 13.1 Å². The summed E-state index contributed by atoms with van der Waals surface area (Å²) >= 11 is 0. The molecule has 6 nitrogen and oxygen atoms in total. The van der Waals surface area contributed by atoms with Crippen molar-refractivity contribution in [2.45, 2.75) is 25.1 Å². The number of benzene rings is 2. The Kier molecular flexibility index (Phi) is 4.96. The van der Waals surface area contributed by atoms with E-state index in [1.165, 1.54) is 0 Å². The SMILES string of the molecule is C[C@@H](c1ccccc1)N1CC(=O)OB(C2OC2c2ccccc2)OC(=O)C1. The van der Waals surface area contributed by atoms with Crippen LogP contribution in [0.3, 0.4) is 0 Å². The number of carbonyl (C=O) groups excluding carboxylic acids is 2. The van der Waals surface area contributed by atoms with Crippen molar-refractivity contribution < 1.29 is 23.6 Å². The number of hydrogen-bond acceptors (Lipinski definition) is 6. The molecule has 0 saturated carbocycles. The molecule has 7 heteroatoms. The fraction of sp³-hybridized carbons (Fsp3) is 0.300. The van der Waals surface area contributed by atoms with Crippen molar-refractivity contribution in [2.24, 2.45) is 0 Å². The lowest BCUT2D eigenvalue weighted by Crippen LogP contribution is -2.47. The molecule has 27 heavy (non-hydrogen) atoms. The Hall–Kier alpha value is -2.64. The van der Waals surface area contributed by atoms with Gasteiger partial charge >= 0.3 is 19.1 Å². The first-order valence-corrected chi connectivity index (χ1v) is 9.00. The molecule has 3 atom stereocenters. The van der Waals surface area contributed by atoms with Gasteiger partial charge < -0.3 is 14.0 Å². The van der Waals surface area contributed by atoms with Crippen molar-refractivity contribution in [1.29, 1.82) is 0 Å². The zero-order valence-corrected chi connectivity index (χ0v) is 15.0. The average Bonchev–Trinajstić information content (AvgIpc) is 3.47. The molecule has 0 amide bonds. The van der Waals surface area contributed by atoms with Crippen LogP contribution in [0.1, 0.15) is 30.2 Å². The van der Waals surface area contributed by atoms with E-state index < -0.39 is 25.1 Å². The molecule has 2 unspecified atom stereocenters. The first kappa shape index (κ1) is 17.8. The molecule has 0 radical (unpaired) electrons. The molecule has 2 aliphatic heterocycles. The topological polar surface area (TPSA) is 68.4 Å². The molecule has 2 fully saturated rings. The molecule has 2 aromatic carbocycles. The summed E-state index contributed by atoms with van der Waals surface area (Å²) in [6.07, 6.45) is -0.226. The third kappa shape index (κ3) is 4.04. The minimum absolute atomic E-state index is 0.0182. The minimum atomic E-state index is -1.01. The van der Waals surface area contributed by atoms with Crippen LogP contribution in [0.4, 0.5) is 0 Å². The van der Waals surface area contributed by atoms with Gasteiger partial charge in [-0.05, 0) is 18.1 Å². The number of carbonyl (C=O) groups is 2. The lowest BCUT2D eigenvalue weighted by molar-refractivity contribution is -0.147. The second-order valence-corrected chi connectivity index (χ2v) is 6.77. The van der Waals surface area contributed by atoms with Gasteiger partial charge in [0, 0.05) is 6.04 Å². The Bertz CT molecular complexity index is 796. The number of nitrogens with zero attached hydrogens (tertiary/aromatic N) is 1. The molecule has 0 spiro atoms. The van der Waals surface area contributed by atoms with E-state index in [1.807, 2.05) is 67.6 Å². The first-order valence-electron chi connectivity index (χ1n) is 9.00. The number of rotatable bonds is 4. The van der Waals surface area contributed by atoms with E-state index in [1.54, 1.807) is 4.90 Å². The van der Waals surface area contributed by atoms with Gasteiger partial charge in [0.2, 0.25) is 0 Å². The Morgan fingerprint density at radius 3 is 2.07 bits per heavy atom. The van der Waals surface area contributed by atoms with E-state index in [4.69, 9.17) is 14.0 Å². The highest BCUT2D eigenvalue weighted by Gasteiger charge is 2.56. The third-order valence-corrected chi connectivity index (χ3v) is 4.91. The molecule has 2 heterocycles. The molecular formula is C20H20BNO5. The highest BCUT2D eigenvalue weighted by molar-refractivity contribution is 6.51. The fourth-order valence-corrected chi connectivity index (χ4v) is 3.34. The predicted octanol–water partition coefficient (Wildman–Crippen LogP) is 2.32. The molecule has 138 valence electrons. The number of hydrogen-bond donors (Lipinski definition) is 0. The van der Waals surface area contributed by atoms with E-state index in [0.717, 1.165) is 11.1 Å². The van der Waals surface area contributed by atoms with E-state index in [9.17, 15) is 9.59 Å². The highest BCUT2D eigenvalue weighted by atomic mass is 16.7. The first-order chi connectivity index (χ1) is 13.1. The highest BCUT2D eigenvalue weighted by Crippen LogP contribution is 2.41. The fourth-order valence-electron chi connectivity index (χ4n) is 3.34. The van der Waals surface area contributed by atoms with Crippen LogP contribution in [0, 0.1) is 0 Å². The molecule has 0 aromatic heterocycles. The molecule has 0 bridgehead atoms. The maximum atomic E-state index is 12.4. The van der Waals surface area contributed by atoms with Gasteiger partial charge in [-0.1, -0.05) is 60.7 Å². The Labute approximate surface area is 158 Å². The van der Waals surface area contributed by atoms with Gasteiger partial charge in [-0.3, -0.25) is 14.5 Å². The van der Waals surface area contributed by atoms with Crippen molar-refractivity contribution in [3.8, 4) is 0 Å². The maximum absolute atomic E-state index is 12.4. The van der Waals surface area contributed by atoms with E-state index in [2.05, 4.69) is 0 Å². The van der Waals surface area contributed by atoms with E-state index >= 15 is 0 Å². The lowest BCUT2D eigenvalue weighted by atomic mass is 9.80. The summed E-state index contributed by atoms with van der Waals surface area (Å²) in [5.74, 6) is -0.866. The van der Waals surface area contributed by atoms with Crippen LogP contribution in [-0.4, -0.2) is 43.0 Å². The summed E-state index contributed by atoms with van der Waals surface area (Å²) in [7, 11) is -1.01. The van der Waals surface area contributed by atoms with Gasteiger partial charge in [-0.15, -0.1) is 0 Å². The summed E-state index contributed by atoms with van der Waals surface area (Å²) in [5, 5.41) is 0. The summed E-state index contributed by atoms with van der Waals surface area (Å²) in [6, 6.07) is 18.7. The zero-order chi connectivity index (χ0) is 18.8. The number of ether oxygens (including phenoxy) is 1. The summed E-state index contributed by atoms with van der Waals surface area (Å²) < 4.78 is 16.4. The summed E-state index contributed by atoms with van der Waals surface area (Å²) in [4.78, 5) is 26.5.